The molecule has 0 aliphatic rings. The Morgan fingerprint density at radius 1 is 1.21 bits per heavy atom. The molecule has 0 bridgehead atoms. The number of rotatable bonds is 7. The molecule has 1 amide bonds. The van der Waals surface area contributed by atoms with Crippen LogP contribution in [0.4, 0.5) is 11.4 Å². The van der Waals surface area contributed by atoms with Crippen molar-refractivity contribution in [3.63, 3.8) is 0 Å². The Morgan fingerprint density at radius 3 is 2.50 bits per heavy atom. The van der Waals surface area contributed by atoms with Gasteiger partial charge in [-0.1, -0.05) is 0 Å². The van der Waals surface area contributed by atoms with Gasteiger partial charge < -0.3 is 24.2 Å². The van der Waals surface area contributed by atoms with Crippen molar-refractivity contribution < 1.29 is 23.6 Å². The van der Waals surface area contributed by atoms with Gasteiger partial charge in [-0.3, -0.25) is 4.79 Å². The molecule has 0 spiro atoms. The van der Waals surface area contributed by atoms with Crippen molar-refractivity contribution in [1.29, 1.82) is 0 Å². The van der Waals surface area contributed by atoms with E-state index in [4.69, 9.17) is 14.0 Å². The van der Waals surface area contributed by atoms with Crippen LogP contribution < -0.4 is 15.0 Å². The first kappa shape index (κ1) is 17.3. The van der Waals surface area contributed by atoms with Gasteiger partial charge in [-0.05, 0) is 36.3 Å². The normalized spacial score (nSPS) is 10.1. The van der Waals surface area contributed by atoms with Crippen LogP contribution in [0.15, 0.2) is 34.9 Å². The topological polar surface area (TPSA) is 93.9 Å². The third kappa shape index (κ3) is 5.31. The SMILES string of the molecule is Cc1cc(OCC(=O)OCC(=O)Nc2ccc(N(C)C)cc2)no1. The summed E-state index contributed by atoms with van der Waals surface area (Å²) in [6, 6.07) is 8.82. The van der Waals surface area contributed by atoms with Crippen molar-refractivity contribution in [2.45, 2.75) is 6.92 Å². The number of nitrogens with zero attached hydrogens (tertiary/aromatic N) is 2. The Hall–Kier alpha value is -3.03. The van der Waals surface area contributed by atoms with Gasteiger partial charge in [0.2, 0.25) is 0 Å². The summed E-state index contributed by atoms with van der Waals surface area (Å²) in [5, 5.41) is 6.21. The lowest BCUT2D eigenvalue weighted by Crippen LogP contribution is -2.23. The van der Waals surface area contributed by atoms with E-state index < -0.39 is 18.5 Å². The maximum absolute atomic E-state index is 11.7. The molecule has 1 aromatic heterocycles. The highest BCUT2D eigenvalue weighted by Crippen LogP contribution is 2.15. The molecular weight excluding hydrogens is 314 g/mol. The fourth-order valence-electron chi connectivity index (χ4n) is 1.77. The van der Waals surface area contributed by atoms with E-state index in [1.807, 2.05) is 31.1 Å². The number of amides is 1. The van der Waals surface area contributed by atoms with Gasteiger partial charge in [-0.2, -0.15) is 0 Å². The lowest BCUT2D eigenvalue weighted by molar-refractivity contribution is -0.149. The Morgan fingerprint density at radius 2 is 1.92 bits per heavy atom. The molecule has 0 radical (unpaired) electrons. The van der Waals surface area contributed by atoms with Crippen LogP contribution in [0.1, 0.15) is 5.76 Å². The number of aromatic nitrogens is 1. The lowest BCUT2D eigenvalue weighted by atomic mass is 10.2. The predicted molar refractivity (Wildman–Crippen MR) is 87.1 cm³/mol. The van der Waals surface area contributed by atoms with Crippen LogP contribution in [-0.4, -0.2) is 44.3 Å². The fourth-order valence-corrected chi connectivity index (χ4v) is 1.77. The smallest absolute Gasteiger partial charge is 0.344 e. The molecule has 2 aromatic rings. The first-order valence-electron chi connectivity index (χ1n) is 7.23. The van der Waals surface area contributed by atoms with Crippen LogP contribution in [-0.2, 0) is 14.3 Å². The van der Waals surface area contributed by atoms with Gasteiger partial charge in [0.25, 0.3) is 11.8 Å². The van der Waals surface area contributed by atoms with Crippen LogP contribution in [0.25, 0.3) is 0 Å². The molecule has 0 fully saturated rings. The maximum atomic E-state index is 11.7. The second-order valence-electron chi connectivity index (χ2n) is 5.21. The van der Waals surface area contributed by atoms with E-state index in [0.29, 0.717) is 11.4 Å². The average Bonchev–Trinajstić information content (AvgIpc) is 2.97. The number of anilines is 2. The van der Waals surface area contributed by atoms with Gasteiger partial charge in [0.15, 0.2) is 13.2 Å². The minimum atomic E-state index is -0.672. The summed E-state index contributed by atoms with van der Waals surface area (Å²) >= 11 is 0. The highest BCUT2D eigenvalue weighted by atomic mass is 16.6. The second-order valence-corrected chi connectivity index (χ2v) is 5.21. The Labute approximate surface area is 139 Å². The molecule has 0 aliphatic heterocycles. The highest BCUT2D eigenvalue weighted by molar-refractivity contribution is 5.93. The highest BCUT2D eigenvalue weighted by Gasteiger charge is 2.10. The van der Waals surface area contributed by atoms with Gasteiger partial charge in [-0.25, -0.2) is 4.79 Å². The van der Waals surface area contributed by atoms with Crippen LogP contribution in [0, 0.1) is 6.92 Å². The van der Waals surface area contributed by atoms with Gasteiger partial charge >= 0.3 is 5.97 Å². The molecule has 0 saturated heterocycles. The zero-order valence-corrected chi connectivity index (χ0v) is 13.7. The molecule has 8 heteroatoms. The number of hydrogen-bond acceptors (Lipinski definition) is 7. The lowest BCUT2D eigenvalue weighted by Gasteiger charge is -2.13. The van der Waals surface area contributed by atoms with Crippen LogP contribution in [0.2, 0.25) is 0 Å². The molecule has 1 N–H and O–H groups in total. The molecule has 8 nitrogen and oxygen atoms in total. The second kappa shape index (κ2) is 8.00. The fraction of sp³-hybridized carbons (Fsp3) is 0.312. The standard InChI is InChI=1S/C16H19N3O5/c1-11-8-15(18-24-11)22-10-16(21)23-9-14(20)17-12-4-6-13(7-5-12)19(2)3/h4-8H,9-10H2,1-3H3,(H,17,20). The Balaban J connectivity index is 1.71. The van der Waals surface area contributed by atoms with E-state index in [0.717, 1.165) is 5.69 Å². The van der Waals surface area contributed by atoms with Crippen molar-refractivity contribution in [2.75, 3.05) is 37.5 Å². The molecule has 0 unspecified atom stereocenters. The van der Waals surface area contributed by atoms with Crippen LogP contribution >= 0.6 is 0 Å². The van der Waals surface area contributed by atoms with E-state index in [-0.39, 0.29) is 12.5 Å². The van der Waals surface area contributed by atoms with Crippen molar-refractivity contribution in [1.82, 2.24) is 5.16 Å². The largest absolute Gasteiger partial charge is 0.463 e. The molecule has 24 heavy (non-hydrogen) atoms. The van der Waals surface area contributed by atoms with Crippen molar-refractivity contribution in [3.05, 3.63) is 36.1 Å². The number of carbonyl (C=O) groups is 2. The first-order valence-corrected chi connectivity index (χ1v) is 7.23. The number of hydrogen-bond donors (Lipinski definition) is 1. The third-order valence-electron chi connectivity index (χ3n) is 2.98. The average molecular weight is 333 g/mol. The summed E-state index contributed by atoms with van der Waals surface area (Å²) in [6.07, 6.45) is 0. The number of nitrogens with one attached hydrogen (secondary N) is 1. The predicted octanol–water partition coefficient (Wildman–Crippen LogP) is 1.61. The van der Waals surface area contributed by atoms with E-state index >= 15 is 0 Å². The Bertz CT molecular complexity index is 694. The quantitative estimate of drug-likeness (QED) is 0.769. The number of esters is 1. The van der Waals surface area contributed by atoms with Gasteiger partial charge in [0, 0.05) is 31.5 Å². The monoisotopic (exact) mass is 333 g/mol. The molecule has 0 aliphatic carbocycles. The molecule has 1 aromatic carbocycles. The number of carbonyl (C=O) groups excluding carboxylic acids is 2. The summed E-state index contributed by atoms with van der Waals surface area (Å²) in [6.45, 7) is 0.958. The minimum absolute atomic E-state index is 0.190. The van der Waals surface area contributed by atoms with Crippen molar-refractivity contribution >= 4 is 23.3 Å². The van der Waals surface area contributed by atoms with E-state index in [9.17, 15) is 9.59 Å². The summed E-state index contributed by atoms with van der Waals surface area (Å²) < 4.78 is 14.7. The molecule has 0 atom stereocenters. The third-order valence-corrected chi connectivity index (χ3v) is 2.98. The first-order chi connectivity index (χ1) is 11.4. The molecule has 2 rings (SSSR count). The van der Waals surface area contributed by atoms with Crippen LogP contribution in [0.5, 0.6) is 5.88 Å². The van der Waals surface area contributed by atoms with Crippen LogP contribution in [0.3, 0.4) is 0 Å². The van der Waals surface area contributed by atoms with Gasteiger partial charge in [0.05, 0.1) is 0 Å². The molecule has 1 heterocycles. The number of aryl methyl sites for hydroxylation is 1. The zero-order chi connectivity index (χ0) is 17.5. The Kier molecular flexibility index (Phi) is 5.78. The maximum Gasteiger partial charge on any atom is 0.344 e. The molecule has 0 saturated carbocycles. The molecular formula is C16H19N3O5. The molecule has 128 valence electrons. The van der Waals surface area contributed by atoms with E-state index in [1.54, 1.807) is 19.1 Å². The summed E-state index contributed by atoms with van der Waals surface area (Å²) in [5.74, 6) is -0.347. The van der Waals surface area contributed by atoms with Crippen molar-refractivity contribution in [3.8, 4) is 5.88 Å². The summed E-state index contributed by atoms with van der Waals surface area (Å²) in [7, 11) is 3.85. The number of benzene rings is 1. The van der Waals surface area contributed by atoms with Crippen molar-refractivity contribution in [2.24, 2.45) is 0 Å². The van der Waals surface area contributed by atoms with E-state index in [2.05, 4.69) is 10.5 Å². The van der Waals surface area contributed by atoms with Gasteiger partial charge in [-0.15, -0.1) is 0 Å². The van der Waals surface area contributed by atoms with E-state index in [1.165, 1.54) is 6.07 Å². The van der Waals surface area contributed by atoms with Gasteiger partial charge in [0.1, 0.15) is 5.76 Å². The minimum Gasteiger partial charge on any atom is -0.463 e. The number of ether oxygens (including phenoxy) is 2. The zero-order valence-electron chi connectivity index (χ0n) is 13.7. The summed E-state index contributed by atoms with van der Waals surface area (Å²) in [4.78, 5) is 25.2. The summed E-state index contributed by atoms with van der Waals surface area (Å²) in [5.41, 5.74) is 1.63.